The topological polar surface area (TPSA) is 80.4 Å². The number of hydrogen-bond donors (Lipinski definition) is 2. The zero-order valence-corrected chi connectivity index (χ0v) is 13.2. The van der Waals surface area contributed by atoms with Crippen molar-refractivity contribution in [3.63, 3.8) is 0 Å². The highest BCUT2D eigenvalue weighted by molar-refractivity contribution is 6.13. The van der Waals surface area contributed by atoms with Crippen LogP contribution in [0, 0.1) is 0 Å². The van der Waals surface area contributed by atoms with Crippen LogP contribution in [0.5, 0.6) is 11.5 Å². The second kappa shape index (κ2) is 6.03. The number of hydrogen-bond acceptors (Lipinski definition) is 4. The first-order chi connectivity index (χ1) is 11.7. The fraction of sp³-hybridized carbons (Fsp3) is 0.333. The Labute approximate surface area is 139 Å². The third-order valence-electron chi connectivity index (χ3n) is 4.37. The Balaban J connectivity index is 1.59. The van der Waals surface area contributed by atoms with Crippen molar-refractivity contribution in [2.24, 2.45) is 0 Å². The van der Waals surface area contributed by atoms with Crippen LogP contribution < -0.4 is 14.8 Å². The lowest BCUT2D eigenvalue weighted by Gasteiger charge is -2.19. The first-order valence-electron chi connectivity index (χ1n) is 8.17. The van der Waals surface area contributed by atoms with Gasteiger partial charge in [0.05, 0.1) is 11.1 Å². The van der Waals surface area contributed by atoms with Crippen molar-refractivity contribution in [3.8, 4) is 11.5 Å². The highest BCUT2D eigenvalue weighted by Crippen LogP contribution is 2.33. The molecule has 6 heteroatoms. The molecule has 1 aliphatic carbocycles. The maximum atomic E-state index is 12.6. The summed E-state index contributed by atoms with van der Waals surface area (Å²) in [5.74, 6) is 1.03. The smallest absolute Gasteiger partial charge is 0.257 e. The standard InChI is InChI=1S/C18H18N2O4/c21-14-4-2-1-3-13-17(14)12(10-19-13)18(22)20-11-5-6-15-16(9-11)24-8-7-23-15/h5-6,9-10,19H,1-4,7-8H2,(H,20,22). The van der Waals surface area contributed by atoms with Crippen molar-refractivity contribution in [2.45, 2.75) is 25.7 Å². The molecule has 2 N–H and O–H groups in total. The minimum absolute atomic E-state index is 0.0380. The summed E-state index contributed by atoms with van der Waals surface area (Å²) in [5.41, 5.74) is 2.43. The third-order valence-corrected chi connectivity index (χ3v) is 4.37. The Bertz CT molecular complexity index is 809. The molecule has 24 heavy (non-hydrogen) atoms. The van der Waals surface area contributed by atoms with Gasteiger partial charge in [0.15, 0.2) is 17.3 Å². The van der Waals surface area contributed by atoms with E-state index in [0.29, 0.717) is 47.9 Å². The van der Waals surface area contributed by atoms with E-state index < -0.39 is 0 Å². The van der Waals surface area contributed by atoms with Crippen LogP contribution in [0.3, 0.4) is 0 Å². The average molecular weight is 326 g/mol. The number of aromatic amines is 1. The van der Waals surface area contributed by atoms with E-state index in [9.17, 15) is 9.59 Å². The van der Waals surface area contributed by atoms with Crippen molar-refractivity contribution in [1.82, 2.24) is 4.98 Å². The molecule has 0 saturated carbocycles. The number of carbonyl (C=O) groups is 2. The summed E-state index contributed by atoms with van der Waals surface area (Å²) < 4.78 is 11.0. The number of ketones is 1. The first-order valence-corrected chi connectivity index (χ1v) is 8.17. The first kappa shape index (κ1) is 14.8. The molecule has 6 nitrogen and oxygen atoms in total. The van der Waals surface area contributed by atoms with E-state index >= 15 is 0 Å². The number of aryl methyl sites for hydroxylation is 1. The summed E-state index contributed by atoms with van der Waals surface area (Å²) >= 11 is 0. The molecule has 0 radical (unpaired) electrons. The second-order valence-electron chi connectivity index (χ2n) is 6.00. The van der Waals surface area contributed by atoms with Gasteiger partial charge in [-0.1, -0.05) is 0 Å². The number of fused-ring (bicyclic) bond motifs is 2. The number of rotatable bonds is 2. The quantitative estimate of drug-likeness (QED) is 0.832. The Kier molecular flexibility index (Phi) is 3.72. The van der Waals surface area contributed by atoms with Gasteiger partial charge >= 0.3 is 0 Å². The molecule has 4 rings (SSSR count). The molecule has 1 amide bonds. The second-order valence-corrected chi connectivity index (χ2v) is 6.00. The number of benzene rings is 1. The minimum Gasteiger partial charge on any atom is -0.486 e. The third kappa shape index (κ3) is 2.64. The van der Waals surface area contributed by atoms with Crippen LogP contribution in [-0.4, -0.2) is 29.9 Å². The lowest BCUT2D eigenvalue weighted by atomic mass is 10.0. The molecular formula is C18H18N2O4. The molecule has 0 bridgehead atoms. The van der Waals surface area contributed by atoms with E-state index in [4.69, 9.17) is 9.47 Å². The van der Waals surface area contributed by atoms with E-state index in [1.807, 2.05) is 0 Å². The van der Waals surface area contributed by atoms with Crippen molar-refractivity contribution in [3.05, 3.63) is 41.2 Å². The molecule has 0 unspecified atom stereocenters. The van der Waals surface area contributed by atoms with Crippen LogP contribution in [0.1, 0.15) is 45.7 Å². The molecule has 1 aromatic heterocycles. The fourth-order valence-corrected chi connectivity index (χ4v) is 3.19. The van der Waals surface area contributed by atoms with E-state index in [2.05, 4.69) is 10.3 Å². The fourth-order valence-electron chi connectivity index (χ4n) is 3.19. The van der Waals surface area contributed by atoms with Crippen molar-refractivity contribution < 1.29 is 19.1 Å². The van der Waals surface area contributed by atoms with Crippen LogP contribution >= 0.6 is 0 Å². The maximum Gasteiger partial charge on any atom is 0.257 e. The van der Waals surface area contributed by atoms with Gasteiger partial charge in [0.25, 0.3) is 5.91 Å². The molecule has 1 aliphatic heterocycles. The Morgan fingerprint density at radius 3 is 2.75 bits per heavy atom. The van der Waals surface area contributed by atoms with Crippen molar-refractivity contribution >= 4 is 17.4 Å². The van der Waals surface area contributed by atoms with Gasteiger partial charge in [-0.3, -0.25) is 9.59 Å². The summed E-state index contributed by atoms with van der Waals surface area (Å²) in [6.45, 7) is 1.01. The molecule has 0 atom stereocenters. The Morgan fingerprint density at radius 1 is 1.08 bits per heavy atom. The van der Waals surface area contributed by atoms with Gasteiger partial charge in [0, 0.05) is 30.1 Å². The summed E-state index contributed by atoms with van der Waals surface area (Å²) in [4.78, 5) is 28.0. The van der Waals surface area contributed by atoms with E-state index in [-0.39, 0.29) is 11.7 Å². The van der Waals surface area contributed by atoms with Crippen LogP contribution in [0.15, 0.2) is 24.4 Å². The van der Waals surface area contributed by atoms with Gasteiger partial charge < -0.3 is 19.8 Å². The molecular weight excluding hydrogens is 308 g/mol. The molecule has 124 valence electrons. The number of H-pyrrole nitrogens is 1. The molecule has 1 aromatic carbocycles. The highest BCUT2D eigenvalue weighted by atomic mass is 16.6. The van der Waals surface area contributed by atoms with Crippen LogP contribution in [0.4, 0.5) is 5.69 Å². The summed E-state index contributed by atoms with van der Waals surface area (Å²) in [6.07, 6.45) is 4.75. The van der Waals surface area contributed by atoms with Crippen LogP contribution in [-0.2, 0) is 6.42 Å². The van der Waals surface area contributed by atoms with Crippen molar-refractivity contribution in [1.29, 1.82) is 0 Å². The number of amides is 1. The van der Waals surface area contributed by atoms with Crippen LogP contribution in [0.2, 0.25) is 0 Å². The highest BCUT2D eigenvalue weighted by Gasteiger charge is 2.25. The molecule has 0 saturated heterocycles. The van der Waals surface area contributed by atoms with Gasteiger partial charge in [-0.05, 0) is 31.4 Å². The van der Waals surface area contributed by atoms with E-state index in [1.54, 1.807) is 24.4 Å². The lowest BCUT2D eigenvalue weighted by Crippen LogP contribution is -2.17. The largest absolute Gasteiger partial charge is 0.486 e. The average Bonchev–Trinajstić information content (AvgIpc) is 2.94. The summed E-state index contributed by atoms with van der Waals surface area (Å²) in [7, 11) is 0. The number of aromatic nitrogens is 1. The minimum atomic E-state index is -0.292. The summed E-state index contributed by atoms with van der Waals surface area (Å²) in [5, 5.41) is 2.84. The Morgan fingerprint density at radius 2 is 1.88 bits per heavy atom. The van der Waals surface area contributed by atoms with Gasteiger partial charge in [-0.15, -0.1) is 0 Å². The number of anilines is 1. The molecule has 2 heterocycles. The number of carbonyl (C=O) groups excluding carboxylic acids is 2. The van der Waals surface area contributed by atoms with Gasteiger partial charge in [0.2, 0.25) is 0 Å². The summed E-state index contributed by atoms with van der Waals surface area (Å²) in [6, 6.07) is 5.27. The monoisotopic (exact) mass is 326 g/mol. The number of Topliss-reactive ketones (excluding diaryl/α,β-unsaturated/α-hetero) is 1. The predicted octanol–water partition coefficient (Wildman–Crippen LogP) is 2.95. The Hall–Kier alpha value is -2.76. The zero-order valence-electron chi connectivity index (χ0n) is 13.2. The SMILES string of the molecule is O=C(Nc1ccc2c(c1)OCCO2)c1c[nH]c2c1C(=O)CCCC2. The van der Waals surface area contributed by atoms with Crippen molar-refractivity contribution in [2.75, 3.05) is 18.5 Å². The van der Waals surface area contributed by atoms with Crippen LogP contribution in [0.25, 0.3) is 0 Å². The van der Waals surface area contributed by atoms with Gasteiger partial charge in [0.1, 0.15) is 13.2 Å². The normalized spacial score (nSPS) is 16.2. The molecule has 0 fully saturated rings. The maximum absolute atomic E-state index is 12.6. The number of nitrogens with one attached hydrogen (secondary N) is 2. The van der Waals surface area contributed by atoms with Gasteiger partial charge in [-0.25, -0.2) is 0 Å². The predicted molar refractivity (Wildman–Crippen MR) is 88.1 cm³/mol. The van der Waals surface area contributed by atoms with Gasteiger partial charge in [-0.2, -0.15) is 0 Å². The zero-order chi connectivity index (χ0) is 16.5. The van der Waals surface area contributed by atoms with E-state index in [0.717, 1.165) is 25.0 Å². The molecule has 2 aliphatic rings. The van der Waals surface area contributed by atoms with E-state index in [1.165, 1.54) is 0 Å². The molecule has 2 aromatic rings. The molecule has 0 spiro atoms. The number of ether oxygens (including phenoxy) is 2. The lowest BCUT2D eigenvalue weighted by molar-refractivity contribution is 0.0965.